The van der Waals surface area contributed by atoms with Crippen molar-refractivity contribution in [2.45, 2.75) is 37.5 Å². The molecule has 3 fully saturated rings. The van der Waals surface area contributed by atoms with Gasteiger partial charge in [-0.15, -0.1) is 11.3 Å². The van der Waals surface area contributed by atoms with Gasteiger partial charge in [-0.1, -0.05) is 6.07 Å². The summed E-state index contributed by atoms with van der Waals surface area (Å²) in [4.78, 5) is 10.1. The van der Waals surface area contributed by atoms with Gasteiger partial charge < -0.3 is 10.1 Å². The lowest BCUT2D eigenvalue weighted by atomic mass is 9.70. The van der Waals surface area contributed by atoms with E-state index in [-0.39, 0.29) is 5.60 Å². The van der Waals surface area contributed by atoms with E-state index in [9.17, 15) is 0 Å². The zero-order valence-corrected chi connectivity index (χ0v) is 14.8. The molecule has 0 amide bonds. The van der Waals surface area contributed by atoms with E-state index in [1.807, 2.05) is 30.6 Å². The summed E-state index contributed by atoms with van der Waals surface area (Å²) in [7, 11) is 2.01. The third-order valence-corrected chi connectivity index (χ3v) is 7.12. The lowest BCUT2D eigenvalue weighted by molar-refractivity contribution is -0.107. The van der Waals surface area contributed by atoms with Crippen molar-refractivity contribution in [1.82, 2.24) is 15.2 Å². The fourth-order valence-electron chi connectivity index (χ4n) is 4.81. The van der Waals surface area contributed by atoms with Crippen molar-refractivity contribution in [3.8, 4) is 5.88 Å². The molecular weight excluding hydrogens is 318 g/mol. The van der Waals surface area contributed by atoms with Crippen LogP contribution in [0.2, 0.25) is 0 Å². The number of ether oxygens (including phenoxy) is 1. The third-order valence-electron chi connectivity index (χ3n) is 5.93. The van der Waals surface area contributed by atoms with Gasteiger partial charge in [0.1, 0.15) is 5.60 Å². The highest BCUT2D eigenvalue weighted by atomic mass is 32.1. The van der Waals surface area contributed by atoms with Crippen LogP contribution in [0.4, 0.5) is 0 Å². The maximum atomic E-state index is 6.44. The maximum absolute atomic E-state index is 6.44. The average Bonchev–Trinajstić information content (AvgIpc) is 3.20. The molecule has 2 aromatic rings. The van der Waals surface area contributed by atoms with Gasteiger partial charge in [-0.05, 0) is 44.6 Å². The average molecular weight is 341 g/mol. The minimum atomic E-state index is -0.0312. The fraction of sp³-hybridized carbons (Fsp3) is 0.526. The van der Waals surface area contributed by atoms with Crippen LogP contribution in [0.3, 0.4) is 0 Å². The Morgan fingerprint density at radius 2 is 2.38 bits per heavy atom. The van der Waals surface area contributed by atoms with Crippen molar-refractivity contribution in [2.75, 3.05) is 20.1 Å². The van der Waals surface area contributed by atoms with Crippen LogP contribution in [0, 0.1) is 5.92 Å². The summed E-state index contributed by atoms with van der Waals surface area (Å²) in [5, 5.41) is 3.25. The van der Waals surface area contributed by atoms with Crippen LogP contribution in [0.25, 0.3) is 0 Å². The molecule has 3 unspecified atom stereocenters. The predicted octanol–water partition coefficient (Wildman–Crippen LogP) is 3.00. The largest absolute Gasteiger partial charge is 0.469 e. The molecule has 0 aliphatic carbocycles. The Balaban J connectivity index is 1.39. The molecule has 0 saturated carbocycles. The summed E-state index contributed by atoms with van der Waals surface area (Å²) in [6.45, 7) is 3.20. The van der Waals surface area contributed by atoms with Gasteiger partial charge in [-0.2, -0.15) is 0 Å². The molecule has 4 nitrogen and oxygen atoms in total. The van der Waals surface area contributed by atoms with E-state index in [0.717, 1.165) is 25.4 Å². The van der Waals surface area contributed by atoms with Gasteiger partial charge in [0, 0.05) is 53.0 Å². The van der Waals surface area contributed by atoms with E-state index in [2.05, 4.69) is 33.4 Å². The number of aromatic nitrogens is 1. The molecule has 4 atom stereocenters. The first-order chi connectivity index (χ1) is 11.8. The van der Waals surface area contributed by atoms with Crippen molar-refractivity contribution in [3.05, 3.63) is 45.8 Å². The van der Waals surface area contributed by atoms with Gasteiger partial charge in [0.15, 0.2) is 0 Å². The van der Waals surface area contributed by atoms with Crippen LogP contribution in [0.1, 0.15) is 34.2 Å². The van der Waals surface area contributed by atoms with Crippen LogP contribution in [0.5, 0.6) is 5.88 Å². The number of pyridine rings is 1. The second kappa shape index (κ2) is 5.55. The minimum absolute atomic E-state index is 0.0312. The number of nitrogens with one attached hydrogen (secondary N) is 1. The maximum Gasteiger partial charge on any atom is 0.217 e. The molecule has 2 bridgehead atoms. The Hall–Kier alpha value is -1.43. The topological polar surface area (TPSA) is 37.4 Å². The van der Waals surface area contributed by atoms with Crippen LogP contribution in [0.15, 0.2) is 30.5 Å². The zero-order valence-electron chi connectivity index (χ0n) is 14.0. The molecule has 2 aromatic heterocycles. The second-order valence-corrected chi connectivity index (χ2v) is 8.55. The Bertz CT molecular complexity index is 734. The first-order valence-electron chi connectivity index (χ1n) is 8.87. The molecule has 1 N–H and O–H groups in total. The standard InChI is InChI=1S/C19H23N3OS/c1-20-11-15-4-5-17(24-15)16-9-14-6-8-22(16)12-19(14)10-13-3-2-7-21-18(13)23-19/h2-5,7,14,16,20H,6,8-12H2,1H3/t14?,16?,19-/m1/s1. The summed E-state index contributed by atoms with van der Waals surface area (Å²) >= 11 is 1.96. The monoisotopic (exact) mass is 341 g/mol. The first-order valence-corrected chi connectivity index (χ1v) is 9.69. The van der Waals surface area contributed by atoms with E-state index < -0.39 is 0 Å². The van der Waals surface area contributed by atoms with Gasteiger partial charge >= 0.3 is 0 Å². The smallest absolute Gasteiger partial charge is 0.217 e. The molecular formula is C19H23N3OS. The van der Waals surface area contributed by atoms with Gasteiger partial charge in [0.2, 0.25) is 5.88 Å². The third kappa shape index (κ3) is 2.22. The summed E-state index contributed by atoms with van der Waals surface area (Å²) in [5.41, 5.74) is 1.26. The SMILES string of the molecule is CNCc1ccc(C2CC3CCN2C[C@]32Cc3cccnc3O2)s1. The summed E-state index contributed by atoms with van der Waals surface area (Å²) in [6, 6.07) is 9.39. The molecule has 126 valence electrons. The lowest BCUT2D eigenvalue weighted by Crippen LogP contribution is -2.62. The number of thiophene rings is 1. The quantitative estimate of drug-likeness (QED) is 0.931. The fourth-order valence-corrected chi connectivity index (χ4v) is 5.98. The minimum Gasteiger partial charge on any atom is -0.469 e. The van der Waals surface area contributed by atoms with Crippen LogP contribution in [-0.4, -0.2) is 35.6 Å². The van der Waals surface area contributed by atoms with Crippen LogP contribution >= 0.6 is 11.3 Å². The molecule has 4 aliphatic heterocycles. The van der Waals surface area contributed by atoms with Crippen molar-refractivity contribution in [2.24, 2.45) is 5.92 Å². The van der Waals surface area contributed by atoms with Crippen molar-refractivity contribution >= 4 is 11.3 Å². The van der Waals surface area contributed by atoms with Crippen molar-refractivity contribution in [1.29, 1.82) is 0 Å². The van der Waals surface area contributed by atoms with Crippen molar-refractivity contribution in [3.63, 3.8) is 0 Å². The van der Waals surface area contributed by atoms with Gasteiger partial charge in [-0.3, -0.25) is 4.90 Å². The second-order valence-electron chi connectivity index (χ2n) is 7.35. The number of fused-ring (bicyclic) bond motifs is 3. The van der Waals surface area contributed by atoms with Gasteiger partial charge in [0.25, 0.3) is 0 Å². The van der Waals surface area contributed by atoms with Crippen molar-refractivity contribution < 1.29 is 4.74 Å². The number of piperidine rings is 3. The predicted molar refractivity (Wildman–Crippen MR) is 95.4 cm³/mol. The van der Waals surface area contributed by atoms with E-state index in [0.29, 0.717) is 12.0 Å². The highest BCUT2D eigenvalue weighted by Crippen LogP contribution is 2.52. The summed E-state index contributed by atoms with van der Waals surface area (Å²) in [6.07, 6.45) is 5.34. The zero-order chi connectivity index (χ0) is 16.1. The van der Waals surface area contributed by atoms with E-state index in [4.69, 9.17) is 4.74 Å². The van der Waals surface area contributed by atoms with Crippen LogP contribution in [-0.2, 0) is 13.0 Å². The molecule has 0 aromatic carbocycles. The Morgan fingerprint density at radius 1 is 1.42 bits per heavy atom. The Labute approximate surface area is 146 Å². The molecule has 24 heavy (non-hydrogen) atoms. The summed E-state index contributed by atoms with van der Waals surface area (Å²) < 4.78 is 6.44. The highest BCUT2D eigenvalue weighted by Gasteiger charge is 2.55. The number of hydrogen-bond donors (Lipinski definition) is 1. The van der Waals surface area contributed by atoms with Crippen LogP contribution < -0.4 is 10.1 Å². The molecule has 6 rings (SSSR count). The normalized spacial score (nSPS) is 33.6. The number of nitrogens with zero attached hydrogens (tertiary/aromatic N) is 2. The first kappa shape index (κ1) is 14.9. The summed E-state index contributed by atoms with van der Waals surface area (Å²) in [5.74, 6) is 1.51. The molecule has 4 aliphatic rings. The van der Waals surface area contributed by atoms with E-state index in [1.54, 1.807) is 0 Å². The van der Waals surface area contributed by atoms with Gasteiger partial charge in [-0.25, -0.2) is 4.98 Å². The Kier molecular flexibility index (Phi) is 3.44. The van der Waals surface area contributed by atoms with E-state index >= 15 is 0 Å². The molecule has 6 heterocycles. The number of rotatable bonds is 3. The molecule has 5 heteroatoms. The Morgan fingerprint density at radius 3 is 3.17 bits per heavy atom. The number of hydrogen-bond acceptors (Lipinski definition) is 5. The highest BCUT2D eigenvalue weighted by molar-refractivity contribution is 7.12. The van der Waals surface area contributed by atoms with E-state index in [1.165, 1.54) is 34.7 Å². The molecule has 1 spiro atoms. The molecule has 3 saturated heterocycles. The van der Waals surface area contributed by atoms with Gasteiger partial charge in [0.05, 0.1) is 0 Å². The lowest BCUT2D eigenvalue weighted by Gasteiger charge is -2.54. The molecule has 0 radical (unpaired) electrons.